The van der Waals surface area contributed by atoms with Crippen molar-refractivity contribution in [3.63, 3.8) is 0 Å². The largest absolute Gasteiger partial charge is 0.376 e. The molecule has 0 fully saturated rings. The molecule has 104 valence electrons. The van der Waals surface area contributed by atoms with Crippen LogP contribution in [0.3, 0.4) is 0 Å². The molecule has 0 saturated heterocycles. The van der Waals surface area contributed by atoms with Crippen molar-refractivity contribution in [3.05, 3.63) is 33.9 Å². The fourth-order valence-corrected chi connectivity index (χ4v) is 2.65. The first-order valence-electron chi connectivity index (χ1n) is 5.41. The number of hydrogen-bond acceptors (Lipinski definition) is 6. The third-order valence-electron chi connectivity index (χ3n) is 2.31. The molecule has 19 heavy (non-hydrogen) atoms. The Bertz CT molecular complexity index is 597. The van der Waals surface area contributed by atoms with Gasteiger partial charge in [0.05, 0.1) is 10.7 Å². The molecule has 0 aliphatic heterocycles. The smallest absolute Gasteiger partial charge is 0.293 e. The van der Waals surface area contributed by atoms with Crippen LogP contribution in [-0.4, -0.2) is 37.7 Å². The van der Waals surface area contributed by atoms with Gasteiger partial charge in [-0.25, -0.2) is 8.42 Å². The predicted octanol–water partition coefficient (Wildman–Crippen LogP) is 1.25. The lowest BCUT2D eigenvalue weighted by molar-refractivity contribution is -0.384. The number of sulfone groups is 1. The van der Waals surface area contributed by atoms with Crippen molar-refractivity contribution < 1.29 is 18.1 Å². The molecule has 0 bridgehead atoms. The number of rotatable bonds is 6. The van der Waals surface area contributed by atoms with Crippen LogP contribution in [0.2, 0.25) is 0 Å². The molecule has 1 atom stereocenters. The number of nitro benzene ring substituents is 1. The number of nitrogens with zero attached hydrogens (tertiary/aromatic N) is 1. The minimum absolute atomic E-state index is 0.139. The Labute approximate surface area is 110 Å². The van der Waals surface area contributed by atoms with Crippen LogP contribution >= 0.6 is 0 Å². The van der Waals surface area contributed by atoms with E-state index in [9.17, 15) is 23.3 Å². The average molecular weight is 286 g/mol. The zero-order valence-electron chi connectivity index (χ0n) is 10.5. The molecule has 0 saturated carbocycles. The molecule has 8 heteroatoms. The third kappa shape index (κ3) is 4.66. The quantitative estimate of drug-likeness (QED) is 0.479. The topological polar surface area (TPSA) is 106 Å². The Morgan fingerprint density at radius 1 is 1.47 bits per heavy atom. The summed E-state index contributed by atoms with van der Waals surface area (Å²) >= 11 is 0. The van der Waals surface area contributed by atoms with Crippen LogP contribution in [0.15, 0.2) is 18.2 Å². The van der Waals surface area contributed by atoms with Crippen LogP contribution in [0, 0.1) is 10.1 Å². The molecule has 0 aliphatic rings. The third-order valence-corrected chi connectivity index (χ3v) is 3.41. The normalized spacial score (nSPS) is 12.7. The van der Waals surface area contributed by atoms with E-state index in [1.807, 2.05) is 0 Å². The second-order valence-electron chi connectivity index (χ2n) is 4.29. The van der Waals surface area contributed by atoms with Gasteiger partial charge in [0.15, 0.2) is 0 Å². The van der Waals surface area contributed by atoms with Gasteiger partial charge in [-0.15, -0.1) is 0 Å². The van der Waals surface area contributed by atoms with Crippen LogP contribution in [0.1, 0.15) is 17.3 Å². The first kappa shape index (κ1) is 15.1. The van der Waals surface area contributed by atoms with Gasteiger partial charge in [-0.1, -0.05) is 0 Å². The van der Waals surface area contributed by atoms with E-state index in [2.05, 4.69) is 5.32 Å². The lowest BCUT2D eigenvalue weighted by Crippen LogP contribution is -2.25. The van der Waals surface area contributed by atoms with Crippen LogP contribution in [0.5, 0.6) is 0 Å². The molecule has 1 unspecified atom stereocenters. The van der Waals surface area contributed by atoms with Gasteiger partial charge >= 0.3 is 0 Å². The van der Waals surface area contributed by atoms with Crippen molar-refractivity contribution in [2.75, 3.05) is 17.3 Å². The van der Waals surface area contributed by atoms with Gasteiger partial charge in [0.25, 0.3) is 5.69 Å². The number of nitrogens with one attached hydrogen (secondary N) is 1. The molecule has 0 aromatic heterocycles. The van der Waals surface area contributed by atoms with E-state index in [0.717, 1.165) is 12.3 Å². The van der Waals surface area contributed by atoms with E-state index >= 15 is 0 Å². The van der Waals surface area contributed by atoms with Crippen molar-refractivity contribution in [3.8, 4) is 0 Å². The number of benzene rings is 1. The summed E-state index contributed by atoms with van der Waals surface area (Å²) in [6, 6.07) is 3.48. The summed E-state index contributed by atoms with van der Waals surface area (Å²) in [5.74, 6) is -0.139. The standard InChI is InChI=1S/C11H14N2O5S/c1-8(7-19(2,17)18)12-10-4-3-9(6-14)5-11(10)13(15)16/h3-6,8,12H,7H2,1-2H3. The molecule has 0 heterocycles. The summed E-state index contributed by atoms with van der Waals surface area (Å²) < 4.78 is 22.3. The maximum Gasteiger partial charge on any atom is 0.293 e. The van der Waals surface area contributed by atoms with E-state index < -0.39 is 20.8 Å². The van der Waals surface area contributed by atoms with Gasteiger partial charge in [0.2, 0.25) is 0 Å². The van der Waals surface area contributed by atoms with Crippen molar-refractivity contribution in [1.82, 2.24) is 0 Å². The molecular formula is C11H14N2O5S. The highest BCUT2D eigenvalue weighted by molar-refractivity contribution is 7.90. The summed E-state index contributed by atoms with van der Waals surface area (Å²) in [4.78, 5) is 20.8. The minimum atomic E-state index is -3.18. The second-order valence-corrected chi connectivity index (χ2v) is 6.47. The number of aldehydes is 1. The van der Waals surface area contributed by atoms with E-state index in [1.165, 1.54) is 12.1 Å². The lowest BCUT2D eigenvalue weighted by Gasteiger charge is -2.14. The zero-order chi connectivity index (χ0) is 14.6. The van der Waals surface area contributed by atoms with Gasteiger partial charge in [-0.05, 0) is 19.1 Å². The molecule has 1 N–H and O–H groups in total. The summed E-state index contributed by atoms with van der Waals surface area (Å²) in [7, 11) is -3.18. The fraction of sp³-hybridized carbons (Fsp3) is 0.364. The van der Waals surface area contributed by atoms with Gasteiger partial charge in [-0.2, -0.15) is 0 Å². The Morgan fingerprint density at radius 2 is 2.11 bits per heavy atom. The fourth-order valence-electron chi connectivity index (χ4n) is 1.66. The van der Waals surface area contributed by atoms with E-state index in [0.29, 0.717) is 6.29 Å². The first-order valence-corrected chi connectivity index (χ1v) is 7.47. The lowest BCUT2D eigenvalue weighted by atomic mass is 10.2. The summed E-state index contributed by atoms with van der Waals surface area (Å²) in [6.07, 6.45) is 1.60. The van der Waals surface area contributed by atoms with Crippen LogP contribution in [-0.2, 0) is 9.84 Å². The number of nitro groups is 1. The van der Waals surface area contributed by atoms with Crippen molar-refractivity contribution in [2.24, 2.45) is 0 Å². The Morgan fingerprint density at radius 3 is 2.58 bits per heavy atom. The number of carbonyl (C=O) groups excluding carboxylic acids is 1. The number of anilines is 1. The predicted molar refractivity (Wildman–Crippen MR) is 71.3 cm³/mol. The molecule has 1 aromatic carbocycles. The molecule has 0 radical (unpaired) electrons. The zero-order valence-corrected chi connectivity index (χ0v) is 11.3. The van der Waals surface area contributed by atoms with Crippen LogP contribution in [0.25, 0.3) is 0 Å². The monoisotopic (exact) mass is 286 g/mol. The van der Waals surface area contributed by atoms with E-state index in [4.69, 9.17) is 0 Å². The molecular weight excluding hydrogens is 272 g/mol. The van der Waals surface area contributed by atoms with Gasteiger partial charge in [0, 0.05) is 23.9 Å². The Hall–Kier alpha value is -1.96. The summed E-state index contributed by atoms with van der Waals surface area (Å²) in [5, 5.41) is 13.7. The van der Waals surface area contributed by atoms with Crippen molar-refractivity contribution in [2.45, 2.75) is 13.0 Å². The Kier molecular flexibility index (Phi) is 4.60. The molecule has 1 aromatic rings. The average Bonchev–Trinajstić information content (AvgIpc) is 2.26. The van der Waals surface area contributed by atoms with Crippen molar-refractivity contribution in [1.29, 1.82) is 0 Å². The summed E-state index contributed by atoms with van der Waals surface area (Å²) in [5.41, 5.74) is 0.115. The molecule has 0 spiro atoms. The first-order chi connectivity index (χ1) is 8.73. The highest BCUT2D eigenvalue weighted by Gasteiger charge is 2.18. The molecule has 1 rings (SSSR count). The van der Waals surface area contributed by atoms with Crippen molar-refractivity contribution >= 4 is 27.5 Å². The molecule has 7 nitrogen and oxygen atoms in total. The van der Waals surface area contributed by atoms with Gasteiger partial charge in [-0.3, -0.25) is 14.9 Å². The highest BCUT2D eigenvalue weighted by Crippen LogP contribution is 2.25. The molecule has 0 aliphatic carbocycles. The second kappa shape index (κ2) is 5.79. The highest BCUT2D eigenvalue weighted by atomic mass is 32.2. The maximum atomic E-state index is 11.1. The van der Waals surface area contributed by atoms with Gasteiger partial charge in [0.1, 0.15) is 21.8 Å². The van der Waals surface area contributed by atoms with E-state index in [-0.39, 0.29) is 22.7 Å². The van der Waals surface area contributed by atoms with Crippen LogP contribution in [0.4, 0.5) is 11.4 Å². The van der Waals surface area contributed by atoms with Gasteiger partial charge < -0.3 is 5.32 Å². The SMILES string of the molecule is CC(CS(C)(=O)=O)Nc1ccc(C=O)cc1[N+](=O)[O-]. The minimum Gasteiger partial charge on any atom is -0.376 e. The maximum absolute atomic E-state index is 11.1. The number of hydrogen-bond donors (Lipinski definition) is 1. The molecule has 0 amide bonds. The van der Waals surface area contributed by atoms with Crippen LogP contribution < -0.4 is 5.32 Å². The Balaban J connectivity index is 3.00. The summed E-state index contributed by atoms with van der Waals surface area (Å²) in [6.45, 7) is 1.61. The number of carbonyl (C=O) groups is 1. The van der Waals surface area contributed by atoms with E-state index in [1.54, 1.807) is 6.92 Å².